The summed E-state index contributed by atoms with van der Waals surface area (Å²) in [6.45, 7) is 7.03. The molecule has 3 rings (SSSR count). The van der Waals surface area contributed by atoms with E-state index < -0.39 is 35.1 Å². The molecule has 1 heterocycles. The van der Waals surface area contributed by atoms with Crippen LogP contribution in [0.3, 0.4) is 0 Å². The molecule has 0 aromatic rings. The lowest BCUT2D eigenvalue weighted by Gasteiger charge is -2.59. The predicted molar refractivity (Wildman–Crippen MR) is 73.0 cm³/mol. The highest BCUT2D eigenvalue weighted by Gasteiger charge is 2.71. The topological polar surface area (TPSA) is 110 Å². The number of hydrogen-bond donors (Lipinski definition) is 5. The van der Waals surface area contributed by atoms with Crippen LogP contribution in [0.4, 0.5) is 0 Å². The monoisotopic (exact) mass is 300 g/mol. The van der Waals surface area contributed by atoms with E-state index in [9.17, 15) is 25.5 Å². The van der Waals surface area contributed by atoms with E-state index in [0.29, 0.717) is 5.57 Å². The van der Waals surface area contributed by atoms with Crippen molar-refractivity contribution in [3.05, 3.63) is 12.2 Å². The van der Waals surface area contributed by atoms with Crippen LogP contribution in [0.15, 0.2) is 12.2 Å². The van der Waals surface area contributed by atoms with Gasteiger partial charge in [-0.25, -0.2) is 0 Å². The Morgan fingerprint density at radius 2 is 1.86 bits per heavy atom. The average molecular weight is 300 g/mol. The van der Waals surface area contributed by atoms with Gasteiger partial charge in [-0.1, -0.05) is 13.5 Å². The smallest absolute Gasteiger partial charge is 0.199 e. The maximum Gasteiger partial charge on any atom is 0.199 e. The summed E-state index contributed by atoms with van der Waals surface area (Å²) in [6, 6.07) is 0. The standard InChI is InChI=1S/C15H24O6/c1-7-5-14(19)15(20,8(2)6-21-14)11-9(7)4-10(16)13(3,18)12(11)17/h7,9-12,16-20H,2,4-6H2,1,3H3/t7-,9+,10-,11+,12-,13+,14+,15+/m0/s1. The van der Waals surface area contributed by atoms with Gasteiger partial charge >= 0.3 is 0 Å². The molecule has 1 aliphatic heterocycles. The van der Waals surface area contributed by atoms with E-state index in [4.69, 9.17) is 4.74 Å². The Morgan fingerprint density at radius 1 is 1.24 bits per heavy atom. The van der Waals surface area contributed by atoms with Crippen LogP contribution in [0, 0.1) is 17.8 Å². The second-order valence-corrected chi connectivity index (χ2v) is 7.24. The largest absolute Gasteiger partial charge is 0.390 e. The maximum atomic E-state index is 11.1. The van der Waals surface area contributed by atoms with E-state index >= 15 is 0 Å². The summed E-state index contributed by atoms with van der Waals surface area (Å²) < 4.78 is 5.37. The zero-order valence-electron chi connectivity index (χ0n) is 12.4. The third kappa shape index (κ3) is 1.69. The van der Waals surface area contributed by atoms with Crippen LogP contribution in [0.1, 0.15) is 26.7 Å². The Hall–Kier alpha value is -0.500. The highest BCUT2D eigenvalue weighted by molar-refractivity contribution is 5.31. The first-order valence-corrected chi connectivity index (χ1v) is 7.41. The molecule has 0 aromatic carbocycles. The third-order valence-corrected chi connectivity index (χ3v) is 6.00. The van der Waals surface area contributed by atoms with Crippen molar-refractivity contribution in [3.63, 3.8) is 0 Å². The zero-order chi connectivity index (χ0) is 15.8. The van der Waals surface area contributed by atoms with Gasteiger partial charge in [0.15, 0.2) is 5.79 Å². The van der Waals surface area contributed by atoms with Gasteiger partial charge in [-0.3, -0.25) is 0 Å². The van der Waals surface area contributed by atoms with Gasteiger partial charge in [0.1, 0.15) is 11.2 Å². The van der Waals surface area contributed by atoms with Gasteiger partial charge in [0.25, 0.3) is 0 Å². The Kier molecular flexibility index (Phi) is 3.14. The summed E-state index contributed by atoms with van der Waals surface area (Å²) in [4.78, 5) is 0. The molecule has 5 N–H and O–H groups in total. The predicted octanol–water partition coefficient (Wildman–Crippen LogP) is -0.859. The maximum absolute atomic E-state index is 11.1. The molecule has 0 spiro atoms. The van der Waals surface area contributed by atoms with Gasteiger partial charge in [0.05, 0.1) is 18.8 Å². The van der Waals surface area contributed by atoms with E-state index in [2.05, 4.69) is 6.58 Å². The van der Waals surface area contributed by atoms with Crippen LogP contribution in [0.5, 0.6) is 0 Å². The summed E-state index contributed by atoms with van der Waals surface area (Å²) >= 11 is 0. The Bertz CT molecular complexity index is 475. The Balaban J connectivity index is 2.11. The SMILES string of the molecule is C=C1CO[C@]2(O)C[C@H](C)[C@H]3C[C@H](O)[C@@](C)(O)[C@@H](O)[C@@H]3[C@]12O. The van der Waals surface area contributed by atoms with Crippen LogP contribution >= 0.6 is 0 Å². The molecule has 1 saturated heterocycles. The Labute approximate surface area is 123 Å². The number of rotatable bonds is 0. The molecule has 0 radical (unpaired) electrons. The van der Waals surface area contributed by atoms with Crippen molar-refractivity contribution in [1.29, 1.82) is 0 Å². The molecule has 0 aromatic heterocycles. The summed E-state index contributed by atoms with van der Waals surface area (Å²) in [7, 11) is 0. The van der Waals surface area contributed by atoms with Crippen molar-refractivity contribution in [3.8, 4) is 0 Å². The van der Waals surface area contributed by atoms with Gasteiger partial charge in [0, 0.05) is 12.3 Å². The minimum absolute atomic E-state index is 0.0142. The van der Waals surface area contributed by atoms with Gasteiger partial charge in [-0.2, -0.15) is 0 Å². The van der Waals surface area contributed by atoms with E-state index in [1.54, 1.807) is 0 Å². The second-order valence-electron chi connectivity index (χ2n) is 7.24. The first-order chi connectivity index (χ1) is 9.55. The lowest BCUT2D eigenvalue weighted by atomic mass is 9.52. The van der Waals surface area contributed by atoms with Crippen molar-refractivity contribution in [1.82, 2.24) is 0 Å². The number of ether oxygens (including phenoxy) is 1. The number of aliphatic hydroxyl groups is 5. The summed E-state index contributed by atoms with van der Waals surface area (Å²) in [5.74, 6) is -2.95. The van der Waals surface area contributed by atoms with Gasteiger partial charge in [-0.05, 0) is 30.8 Å². The molecule has 21 heavy (non-hydrogen) atoms. The minimum Gasteiger partial charge on any atom is -0.390 e. The second kappa shape index (κ2) is 4.28. The van der Waals surface area contributed by atoms with Gasteiger partial charge < -0.3 is 30.3 Å². The quantitative estimate of drug-likeness (QED) is 0.372. The fraction of sp³-hybridized carbons (Fsp3) is 0.867. The van der Waals surface area contributed by atoms with Crippen LogP contribution < -0.4 is 0 Å². The lowest BCUT2D eigenvalue weighted by molar-refractivity contribution is -0.331. The van der Waals surface area contributed by atoms with Crippen molar-refractivity contribution in [2.45, 2.75) is 55.9 Å². The number of hydrogen-bond acceptors (Lipinski definition) is 6. The molecule has 2 saturated carbocycles. The molecule has 0 bridgehead atoms. The number of aliphatic hydroxyl groups excluding tert-OH is 2. The van der Waals surface area contributed by atoms with Crippen LogP contribution in [-0.4, -0.2) is 61.3 Å². The zero-order valence-corrected chi connectivity index (χ0v) is 12.4. The molecular weight excluding hydrogens is 276 g/mol. The van der Waals surface area contributed by atoms with Crippen LogP contribution in [0.2, 0.25) is 0 Å². The summed E-state index contributed by atoms with van der Waals surface area (Å²) in [5, 5.41) is 52.9. The van der Waals surface area contributed by atoms with Crippen LogP contribution in [0.25, 0.3) is 0 Å². The van der Waals surface area contributed by atoms with Gasteiger partial charge in [-0.15, -0.1) is 0 Å². The molecule has 3 fully saturated rings. The van der Waals surface area contributed by atoms with Crippen molar-refractivity contribution >= 4 is 0 Å². The first kappa shape index (κ1) is 15.4. The van der Waals surface area contributed by atoms with Crippen molar-refractivity contribution in [2.75, 3.05) is 6.61 Å². The summed E-state index contributed by atoms with van der Waals surface area (Å²) in [6.07, 6.45) is -2.02. The first-order valence-electron chi connectivity index (χ1n) is 7.41. The molecule has 0 amide bonds. The molecule has 2 aliphatic carbocycles. The highest BCUT2D eigenvalue weighted by atomic mass is 16.6. The van der Waals surface area contributed by atoms with Crippen molar-refractivity contribution in [2.24, 2.45) is 17.8 Å². The minimum atomic E-state index is -1.81. The molecule has 3 aliphatic rings. The molecule has 8 atom stereocenters. The highest BCUT2D eigenvalue weighted by Crippen LogP contribution is 2.59. The average Bonchev–Trinajstić information content (AvgIpc) is 2.61. The van der Waals surface area contributed by atoms with E-state index in [1.807, 2.05) is 6.92 Å². The van der Waals surface area contributed by atoms with E-state index in [1.165, 1.54) is 6.92 Å². The fourth-order valence-corrected chi connectivity index (χ4v) is 4.56. The molecule has 0 unspecified atom stereocenters. The number of fused-ring (bicyclic) bond motifs is 3. The van der Waals surface area contributed by atoms with Crippen LogP contribution in [-0.2, 0) is 4.74 Å². The van der Waals surface area contributed by atoms with Gasteiger partial charge in [0.2, 0.25) is 0 Å². The lowest BCUT2D eigenvalue weighted by Crippen LogP contribution is -2.72. The normalized spacial score (nSPS) is 60.5. The molecule has 6 heteroatoms. The third-order valence-electron chi connectivity index (χ3n) is 6.00. The Morgan fingerprint density at radius 3 is 2.48 bits per heavy atom. The molecule has 6 nitrogen and oxygen atoms in total. The fourth-order valence-electron chi connectivity index (χ4n) is 4.56. The molecular formula is C15H24O6. The van der Waals surface area contributed by atoms with E-state index in [-0.39, 0.29) is 31.3 Å². The molecule has 120 valence electrons. The van der Waals surface area contributed by atoms with Crippen molar-refractivity contribution < 1.29 is 30.3 Å². The van der Waals surface area contributed by atoms with E-state index in [0.717, 1.165) is 0 Å². The summed E-state index contributed by atoms with van der Waals surface area (Å²) in [5.41, 5.74) is -3.26.